The first-order chi connectivity index (χ1) is 11.2. The monoisotopic (exact) mass is 334 g/mol. The minimum absolute atomic E-state index is 0.0545. The van der Waals surface area contributed by atoms with Crippen molar-refractivity contribution in [1.82, 2.24) is 9.88 Å². The molecule has 1 atom stereocenters. The summed E-state index contributed by atoms with van der Waals surface area (Å²) < 4.78 is 0.896. The molecule has 130 valence electrons. The fourth-order valence-corrected chi connectivity index (χ4v) is 2.30. The summed E-state index contributed by atoms with van der Waals surface area (Å²) >= 11 is 0. The zero-order valence-corrected chi connectivity index (χ0v) is 14.1. The van der Waals surface area contributed by atoms with E-state index in [1.807, 2.05) is 6.92 Å². The van der Waals surface area contributed by atoms with E-state index >= 15 is 0 Å². The van der Waals surface area contributed by atoms with Crippen molar-refractivity contribution in [2.24, 2.45) is 5.92 Å². The molecule has 0 spiro atoms. The van der Waals surface area contributed by atoms with Crippen molar-refractivity contribution in [3.05, 3.63) is 38.3 Å². The fraction of sp³-hybridized carbons (Fsp3) is 0.562. The second-order valence-corrected chi connectivity index (χ2v) is 6.21. The molecule has 0 saturated heterocycles. The van der Waals surface area contributed by atoms with Crippen molar-refractivity contribution < 1.29 is 9.72 Å². The first kappa shape index (κ1) is 19.4. The van der Waals surface area contributed by atoms with Gasteiger partial charge in [0.25, 0.3) is 11.2 Å². The molecule has 0 aliphatic rings. The van der Waals surface area contributed by atoms with Crippen LogP contribution in [0.25, 0.3) is 0 Å². The summed E-state index contributed by atoms with van der Waals surface area (Å²) in [5.74, 6) is 0.180. The third-order valence-corrected chi connectivity index (χ3v) is 3.54. The standard InChI is InChI=1S/C16H22N4O4/c1-11(2)5-4-6-12(3)18-15(21)10-19-9-14(20(23)24)7-13(8-17)16(19)22/h7,9,11-12H,4-6,10H2,1-3H3,(H,18,21)/t12-/m0/s1. The summed E-state index contributed by atoms with van der Waals surface area (Å²) in [6, 6.07) is 2.47. The van der Waals surface area contributed by atoms with Crippen LogP contribution in [0.15, 0.2) is 17.1 Å². The topological polar surface area (TPSA) is 118 Å². The molecule has 0 aliphatic heterocycles. The second-order valence-electron chi connectivity index (χ2n) is 6.21. The molecule has 0 aliphatic carbocycles. The number of rotatable bonds is 8. The molecule has 24 heavy (non-hydrogen) atoms. The third kappa shape index (κ3) is 5.83. The number of nitrogens with zero attached hydrogens (tertiary/aromatic N) is 3. The Labute approximate surface area is 140 Å². The molecule has 1 heterocycles. The lowest BCUT2D eigenvalue weighted by atomic mass is 10.0. The van der Waals surface area contributed by atoms with Crippen LogP contribution >= 0.6 is 0 Å². The zero-order chi connectivity index (χ0) is 18.3. The van der Waals surface area contributed by atoms with Crippen LogP contribution in [-0.2, 0) is 11.3 Å². The number of hydrogen-bond donors (Lipinski definition) is 1. The highest BCUT2D eigenvalue weighted by Crippen LogP contribution is 2.10. The van der Waals surface area contributed by atoms with Gasteiger partial charge in [0.1, 0.15) is 18.2 Å². The maximum Gasteiger partial charge on any atom is 0.287 e. The van der Waals surface area contributed by atoms with Crippen LogP contribution in [0.4, 0.5) is 5.69 Å². The van der Waals surface area contributed by atoms with Gasteiger partial charge in [-0.05, 0) is 19.3 Å². The summed E-state index contributed by atoms with van der Waals surface area (Å²) in [5, 5.41) is 22.5. The summed E-state index contributed by atoms with van der Waals surface area (Å²) in [6.07, 6.45) is 3.84. The van der Waals surface area contributed by atoms with Crippen LogP contribution in [0.3, 0.4) is 0 Å². The minimum Gasteiger partial charge on any atom is -0.352 e. The highest BCUT2D eigenvalue weighted by Gasteiger charge is 2.16. The molecular weight excluding hydrogens is 312 g/mol. The van der Waals surface area contributed by atoms with E-state index < -0.39 is 22.1 Å². The molecule has 1 amide bonds. The van der Waals surface area contributed by atoms with E-state index in [2.05, 4.69) is 19.2 Å². The molecule has 0 fully saturated rings. The first-order valence-electron chi connectivity index (χ1n) is 7.83. The Morgan fingerprint density at radius 3 is 2.62 bits per heavy atom. The number of carbonyl (C=O) groups excluding carboxylic acids is 1. The molecule has 1 N–H and O–H groups in total. The average Bonchev–Trinajstić information content (AvgIpc) is 2.48. The Kier molecular flexibility index (Phi) is 7.11. The maximum absolute atomic E-state index is 12.0. The maximum atomic E-state index is 12.0. The number of nitriles is 1. The van der Waals surface area contributed by atoms with Crippen molar-refractivity contribution >= 4 is 11.6 Å². The van der Waals surface area contributed by atoms with Crippen LogP contribution in [0.2, 0.25) is 0 Å². The van der Waals surface area contributed by atoms with Crippen molar-refractivity contribution in [1.29, 1.82) is 5.26 Å². The highest BCUT2D eigenvalue weighted by molar-refractivity contribution is 5.76. The van der Waals surface area contributed by atoms with Gasteiger partial charge in [0.2, 0.25) is 5.91 Å². The van der Waals surface area contributed by atoms with Gasteiger partial charge >= 0.3 is 0 Å². The van der Waals surface area contributed by atoms with Gasteiger partial charge in [-0.1, -0.05) is 26.7 Å². The largest absolute Gasteiger partial charge is 0.352 e. The normalized spacial score (nSPS) is 11.8. The van der Waals surface area contributed by atoms with E-state index in [-0.39, 0.29) is 18.2 Å². The summed E-state index contributed by atoms with van der Waals surface area (Å²) in [6.45, 7) is 5.77. The van der Waals surface area contributed by atoms with Gasteiger partial charge in [0.15, 0.2) is 0 Å². The molecule has 0 unspecified atom stereocenters. The van der Waals surface area contributed by atoms with Gasteiger partial charge < -0.3 is 5.32 Å². The van der Waals surface area contributed by atoms with E-state index in [0.29, 0.717) is 5.92 Å². The summed E-state index contributed by atoms with van der Waals surface area (Å²) in [5.41, 5.74) is -1.48. The molecule has 8 nitrogen and oxygen atoms in total. The van der Waals surface area contributed by atoms with Crippen LogP contribution in [0, 0.1) is 27.4 Å². The van der Waals surface area contributed by atoms with Crippen molar-refractivity contribution in [3.63, 3.8) is 0 Å². The smallest absolute Gasteiger partial charge is 0.287 e. The van der Waals surface area contributed by atoms with Crippen molar-refractivity contribution in [3.8, 4) is 6.07 Å². The van der Waals surface area contributed by atoms with E-state index in [9.17, 15) is 19.7 Å². The van der Waals surface area contributed by atoms with E-state index in [0.717, 1.165) is 36.1 Å². The molecule has 1 aromatic heterocycles. The van der Waals surface area contributed by atoms with Crippen molar-refractivity contribution in [2.45, 2.75) is 52.6 Å². The Bertz CT molecular complexity index is 703. The lowest BCUT2D eigenvalue weighted by molar-refractivity contribution is -0.385. The SMILES string of the molecule is CC(C)CCC[C@H](C)NC(=O)Cn1cc([N+](=O)[O-])cc(C#N)c1=O. The lowest BCUT2D eigenvalue weighted by Crippen LogP contribution is -2.37. The Hall–Kier alpha value is -2.69. The molecule has 1 aromatic rings. The predicted molar refractivity (Wildman–Crippen MR) is 88.4 cm³/mol. The third-order valence-electron chi connectivity index (χ3n) is 3.54. The average molecular weight is 334 g/mol. The van der Waals surface area contributed by atoms with Crippen LogP contribution in [-0.4, -0.2) is 21.4 Å². The molecular formula is C16H22N4O4. The van der Waals surface area contributed by atoms with Gasteiger partial charge in [-0.25, -0.2) is 0 Å². The molecule has 8 heteroatoms. The minimum atomic E-state index is -0.717. The molecule has 0 bridgehead atoms. The van der Waals surface area contributed by atoms with Gasteiger partial charge in [0, 0.05) is 12.1 Å². The second kappa shape index (κ2) is 8.82. The zero-order valence-electron chi connectivity index (χ0n) is 14.1. The quantitative estimate of drug-likeness (QED) is 0.576. The number of nitrogens with one attached hydrogen (secondary N) is 1. The van der Waals surface area contributed by atoms with E-state index in [4.69, 9.17) is 5.26 Å². The van der Waals surface area contributed by atoms with E-state index in [1.54, 1.807) is 6.07 Å². The van der Waals surface area contributed by atoms with Crippen molar-refractivity contribution in [2.75, 3.05) is 0 Å². The lowest BCUT2D eigenvalue weighted by Gasteiger charge is -2.15. The molecule has 1 rings (SSSR count). The molecule has 0 saturated carbocycles. The van der Waals surface area contributed by atoms with Gasteiger partial charge in [0.05, 0.1) is 11.1 Å². The first-order valence-corrected chi connectivity index (χ1v) is 7.83. The number of nitro groups is 1. The fourth-order valence-electron chi connectivity index (χ4n) is 2.30. The molecule has 0 radical (unpaired) electrons. The van der Waals surface area contributed by atoms with Gasteiger partial charge in [-0.3, -0.25) is 24.3 Å². The number of aromatic nitrogens is 1. The molecule has 0 aromatic carbocycles. The predicted octanol–water partition coefficient (Wildman–Crippen LogP) is 1.96. The van der Waals surface area contributed by atoms with Crippen LogP contribution in [0.5, 0.6) is 0 Å². The summed E-state index contributed by atoms with van der Waals surface area (Å²) in [4.78, 5) is 34.2. The Morgan fingerprint density at radius 2 is 2.08 bits per heavy atom. The highest BCUT2D eigenvalue weighted by atomic mass is 16.6. The van der Waals surface area contributed by atoms with Gasteiger partial charge in [-0.2, -0.15) is 5.26 Å². The Morgan fingerprint density at radius 1 is 1.42 bits per heavy atom. The Balaban J connectivity index is 2.76. The number of amides is 1. The number of pyridine rings is 1. The number of carbonyl (C=O) groups is 1. The van der Waals surface area contributed by atoms with Gasteiger partial charge in [-0.15, -0.1) is 0 Å². The van der Waals surface area contributed by atoms with Crippen LogP contribution < -0.4 is 10.9 Å². The summed E-state index contributed by atoms with van der Waals surface area (Å²) in [7, 11) is 0. The van der Waals surface area contributed by atoms with E-state index in [1.165, 1.54) is 0 Å². The van der Waals surface area contributed by atoms with Crippen LogP contribution in [0.1, 0.15) is 45.6 Å². The number of hydrogen-bond acceptors (Lipinski definition) is 5.